The maximum atomic E-state index is 12.3. The van der Waals surface area contributed by atoms with Crippen LogP contribution in [0.2, 0.25) is 0 Å². The predicted octanol–water partition coefficient (Wildman–Crippen LogP) is 2.58. The molecular weight excluding hydrogens is 312 g/mol. The van der Waals surface area contributed by atoms with E-state index in [1.54, 1.807) is 18.2 Å². The van der Waals surface area contributed by atoms with Gasteiger partial charge in [0.1, 0.15) is 12.0 Å². The first-order valence-electron chi connectivity index (χ1n) is 7.34. The van der Waals surface area contributed by atoms with E-state index in [9.17, 15) is 14.9 Å². The molecule has 0 unspecified atom stereocenters. The third-order valence-corrected chi connectivity index (χ3v) is 3.53. The average molecular weight is 328 g/mol. The van der Waals surface area contributed by atoms with Crippen molar-refractivity contribution < 1.29 is 9.72 Å². The van der Waals surface area contributed by atoms with Gasteiger partial charge in [0.2, 0.25) is 5.69 Å². The van der Waals surface area contributed by atoms with Crippen molar-refractivity contribution in [2.75, 3.05) is 5.32 Å². The number of nitrogens with zero attached hydrogens (tertiary/aromatic N) is 4. The highest BCUT2D eigenvalue weighted by Crippen LogP contribution is 2.22. The second-order valence-electron chi connectivity index (χ2n) is 5.76. The minimum absolute atomic E-state index is 0.227. The fraction of sp³-hybridized carbons (Fsp3) is 0.267. The van der Waals surface area contributed by atoms with E-state index in [1.807, 2.05) is 13.8 Å². The molecule has 2 aromatic heterocycles. The van der Waals surface area contributed by atoms with Gasteiger partial charge in [-0.15, -0.1) is 0 Å². The number of hydrogen-bond donors (Lipinski definition) is 2. The Morgan fingerprint density at radius 1 is 1.42 bits per heavy atom. The number of nitrogens with one attached hydrogen (secondary N) is 2. The second kappa shape index (κ2) is 5.76. The fourth-order valence-corrected chi connectivity index (χ4v) is 2.34. The molecule has 9 nitrogen and oxygen atoms in total. The van der Waals surface area contributed by atoms with E-state index in [0.717, 1.165) is 16.9 Å². The standard InChI is InChI=1S/C15H16N6O3/c1-8(2)14-17-10-5-4-9(6-11(10)18-14)16-15(22)13-12(21(23)24)7-20(3)19-13/h4-8H,1-3H3,(H,16,22)(H,17,18). The lowest BCUT2D eigenvalue weighted by Gasteiger charge is -2.02. The number of nitro groups is 1. The number of hydrogen-bond acceptors (Lipinski definition) is 5. The summed E-state index contributed by atoms with van der Waals surface area (Å²) in [4.78, 5) is 30.3. The number of aromatic nitrogens is 4. The largest absolute Gasteiger partial charge is 0.342 e. The van der Waals surface area contributed by atoms with E-state index in [0.29, 0.717) is 5.69 Å². The van der Waals surface area contributed by atoms with Crippen LogP contribution in [-0.4, -0.2) is 30.6 Å². The number of fused-ring (bicyclic) bond motifs is 1. The van der Waals surface area contributed by atoms with Crippen molar-refractivity contribution in [1.82, 2.24) is 19.7 Å². The van der Waals surface area contributed by atoms with Crippen LogP contribution in [0, 0.1) is 10.1 Å². The highest BCUT2D eigenvalue weighted by atomic mass is 16.6. The van der Waals surface area contributed by atoms with Gasteiger partial charge in [0.15, 0.2) is 0 Å². The van der Waals surface area contributed by atoms with Crippen LogP contribution < -0.4 is 5.32 Å². The van der Waals surface area contributed by atoms with Gasteiger partial charge < -0.3 is 10.3 Å². The molecule has 24 heavy (non-hydrogen) atoms. The number of aromatic amines is 1. The van der Waals surface area contributed by atoms with E-state index in [-0.39, 0.29) is 17.3 Å². The summed E-state index contributed by atoms with van der Waals surface area (Å²) in [6, 6.07) is 5.21. The van der Waals surface area contributed by atoms with Gasteiger partial charge in [-0.1, -0.05) is 13.8 Å². The lowest BCUT2D eigenvalue weighted by molar-refractivity contribution is -0.385. The van der Waals surface area contributed by atoms with Crippen LogP contribution in [0.3, 0.4) is 0 Å². The summed E-state index contributed by atoms with van der Waals surface area (Å²) < 4.78 is 1.24. The molecule has 0 fully saturated rings. The number of benzene rings is 1. The first-order valence-corrected chi connectivity index (χ1v) is 7.34. The molecule has 0 aliphatic heterocycles. The van der Waals surface area contributed by atoms with Gasteiger partial charge >= 0.3 is 5.69 Å². The molecule has 1 amide bonds. The molecule has 2 heterocycles. The van der Waals surface area contributed by atoms with E-state index in [4.69, 9.17) is 0 Å². The molecule has 0 aliphatic carbocycles. The Kier molecular flexibility index (Phi) is 3.76. The van der Waals surface area contributed by atoms with Crippen LogP contribution >= 0.6 is 0 Å². The predicted molar refractivity (Wildman–Crippen MR) is 88.0 cm³/mol. The minimum Gasteiger partial charge on any atom is -0.342 e. The molecule has 0 spiro atoms. The summed E-state index contributed by atoms with van der Waals surface area (Å²) in [5.41, 5.74) is 1.52. The molecule has 1 aromatic carbocycles. The molecule has 0 aliphatic rings. The Labute approximate surface area is 136 Å². The van der Waals surface area contributed by atoms with Gasteiger partial charge in [-0.25, -0.2) is 4.98 Å². The van der Waals surface area contributed by atoms with Crippen molar-refractivity contribution in [2.24, 2.45) is 7.05 Å². The Bertz CT molecular complexity index is 940. The molecule has 3 aromatic rings. The number of carbonyl (C=O) groups excluding carboxylic acids is 1. The van der Waals surface area contributed by atoms with E-state index in [1.165, 1.54) is 17.9 Å². The molecule has 0 saturated carbocycles. The summed E-state index contributed by atoms with van der Waals surface area (Å²) in [5.74, 6) is 0.477. The Morgan fingerprint density at radius 2 is 2.17 bits per heavy atom. The Balaban J connectivity index is 1.89. The topological polar surface area (TPSA) is 119 Å². The number of carbonyl (C=O) groups is 1. The number of H-pyrrole nitrogens is 1. The van der Waals surface area contributed by atoms with Crippen molar-refractivity contribution >= 4 is 28.3 Å². The summed E-state index contributed by atoms with van der Waals surface area (Å²) >= 11 is 0. The van der Waals surface area contributed by atoms with Gasteiger partial charge in [-0.3, -0.25) is 19.6 Å². The van der Waals surface area contributed by atoms with Crippen LogP contribution in [-0.2, 0) is 7.05 Å². The van der Waals surface area contributed by atoms with Gasteiger partial charge in [0, 0.05) is 18.7 Å². The first kappa shape index (κ1) is 15.7. The molecule has 0 atom stereocenters. The highest BCUT2D eigenvalue weighted by Gasteiger charge is 2.25. The van der Waals surface area contributed by atoms with Crippen LogP contribution in [0.15, 0.2) is 24.4 Å². The van der Waals surface area contributed by atoms with Crippen molar-refractivity contribution in [2.45, 2.75) is 19.8 Å². The lowest BCUT2D eigenvalue weighted by atomic mass is 10.2. The third-order valence-electron chi connectivity index (χ3n) is 3.53. The third kappa shape index (κ3) is 2.83. The number of aryl methyl sites for hydroxylation is 1. The quantitative estimate of drug-likeness (QED) is 0.563. The maximum absolute atomic E-state index is 12.3. The van der Waals surface area contributed by atoms with E-state index >= 15 is 0 Å². The van der Waals surface area contributed by atoms with Crippen molar-refractivity contribution in [1.29, 1.82) is 0 Å². The smallest absolute Gasteiger partial charge is 0.320 e. The number of amides is 1. The summed E-state index contributed by atoms with van der Waals surface area (Å²) in [6.45, 7) is 4.06. The zero-order valence-electron chi connectivity index (χ0n) is 13.4. The zero-order valence-corrected chi connectivity index (χ0v) is 13.4. The molecule has 9 heteroatoms. The molecule has 124 valence electrons. The van der Waals surface area contributed by atoms with Gasteiger partial charge in [-0.2, -0.15) is 5.10 Å². The average Bonchev–Trinajstić information content (AvgIpc) is 3.10. The molecule has 2 N–H and O–H groups in total. The van der Waals surface area contributed by atoms with Crippen molar-refractivity contribution in [3.05, 3.63) is 46.0 Å². The van der Waals surface area contributed by atoms with Crippen LogP contribution in [0.25, 0.3) is 11.0 Å². The normalized spacial score (nSPS) is 11.2. The Morgan fingerprint density at radius 3 is 2.83 bits per heavy atom. The number of anilines is 1. The van der Waals surface area contributed by atoms with Crippen molar-refractivity contribution in [3.63, 3.8) is 0 Å². The highest BCUT2D eigenvalue weighted by molar-refractivity contribution is 6.06. The lowest BCUT2D eigenvalue weighted by Crippen LogP contribution is -2.14. The monoisotopic (exact) mass is 328 g/mol. The Hall–Kier alpha value is -3.23. The summed E-state index contributed by atoms with van der Waals surface area (Å²) in [5, 5.41) is 17.5. The van der Waals surface area contributed by atoms with Gasteiger partial charge in [0.25, 0.3) is 5.91 Å². The maximum Gasteiger partial charge on any atom is 0.320 e. The fourth-order valence-electron chi connectivity index (χ4n) is 2.34. The second-order valence-corrected chi connectivity index (χ2v) is 5.76. The number of rotatable bonds is 4. The molecular formula is C15H16N6O3. The van der Waals surface area contributed by atoms with Gasteiger partial charge in [0.05, 0.1) is 16.0 Å². The SMILES string of the molecule is CC(C)c1nc2ccc(NC(=O)c3nn(C)cc3[N+](=O)[O-])cc2[nH]1. The van der Waals surface area contributed by atoms with E-state index < -0.39 is 10.8 Å². The van der Waals surface area contributed by atoms with Crippen LogP contribution in [0.1, 0.15) is 36.1 Å². The van der Waals surface area contributed by atoms with Gasteiger partial charge in [-0.05, 0) is 18.2 Å². The van der Waals surface area contributed by atoms with Crippen LogP contribution in [0.4, 0.5) is 11.4 Å². The molecule has 0 radical (unpaired) electrons. The summed E-state index contributed by atoms with van der Waals surface area (Å²) in [6.07, 6.45) is 1.20. The van der Waals surface area contributed by atoms with E-state index in [2.05, 4.69) is 20.4 Å². The zero-order chi connectivity index (χ0) is 17.4. The van der Waals surface area contributed by atoms with Crippen LogP contribution in [0.5, 0.6) is 0 Å². The number of imidazole rings is 1. The minimum atomic E-state index is -0.634. The molecule has 0 saturated heterocycles. The molecule has 0 bridgehead atoms. The molecule has 3 rings (SSSR count). The first-order chi connectivity index (χ1) is 11.3. The van der Waals surface area contributed by atoms with Crippen molar-refractivity contribution in [3.8, 4) is 0 Å². The summed E-state index contributed by atoms with van der Waals surface area (Å²) in [7, 11) is 1.52.